The van der Waals surface area contributed by atoms with Gasteiger partial charge in [-0.1, -0.05) is 6.92 Å². The Hall–Kier alpha value is -2.22. The normalized spacial score (nSPS) is 10.2. The first-order valence-corrected chi connectivity index (χ1v) is 6.58. The fraction of sp³-hybridized carbons (Fsp3) is 0.462. The maximum absolute atomic E-state index is 14.0. The summed E-state index contributed by atoms with van der Waals surface area (Å²) in [4.78, 5) is 26.1. The third-order valence-corrected chi connectivity index (χ3v) is 2.45. The monoisotopic (exact) mass is 298 g/mol. The van der Waals surface area contributed by atoms with Crippen molar-refractivity contribution in [3.05, 3.63) is 23.6 Å². The Morgan fingerprint density at radius 3 is 2.86 bits per heavy atom. The van der Waals surface area contributed by atoms with E-state index in [9.17, 15) is 14.0 Å². The van der Waals surface area contributed by atoms with Gasteiger partial charge in [-0.2, -0.15) is 0 Å². The second kappa shape index (κ2) is 8.85. The molecule has 7 nitrogen and oxygen atoms in total. The van der Waals surface area contributed by atoms with Crippen LogP contribution in [0.4, 0.5) is 10.2 Å². The molecule has 0 unspecified atom stereocenters. The Bertz CT molecular complexity index is 496. The number of nitrogens with one attached hydrogen (secondary N) is 2. The first kappa shape index (κ1) is 16.8. The highest BCUT2D eigenvalue weighted by Crippen LogP contribution is 2.14. The number of ether oxygens (including phenoxy) is 1. The maximum atomic E-state index is 14.0. The lowest BCUT2D eigenvalue weighted by Gasteiger charge is -2.09. The lowest BCUT2D eigenvalue weighted by atomic mass is 10.2. The van der Waals surface area contributed by atoms with Crippen molar-refractivity contribution in [1.29, 1.82) is 0 Å². The van der Waals surface area contributed by atoms with Gasteiger partial charge in [0.1, 0.15) is 6.61 Å². The SMILES string of the molecule is CCCNc1nccc(C(=O)NCCOCC(N)=O)c1F. The number of rotatable bonds is 9. The van der Waals surface area contributed by atoms with E-state index in [-0.39, 0.29) is 31.1 Å². The van der Waals surface area contributed by atoms with Crippen LogP contribution in [0.5, 0.6) is 0 Å². The summed E-state index contributed by atoms with van der Waals surface area (Å²) in [6.45, 7) is 2.54. The summed E-state index contributed by atoms with van der Waals surface area (Å²) in [5.41, 5.74) is 4.79. The standard InChI is InChI=1S/C13H19FN4O3/c1-2-4-16-12-11(14)9(3-5-17-12)13(20)18-6-7-21-8-10(15)19/h3,5H,2,4,6-8H2,1H3,(H2,15,19)(H,16,17)(H,18,20). The first-order chi connectivity index (χ1) is 10.1. The molecular formula is C13H19FN4O3. The van der Waals surface area contributed by atoms with Gasteiger partial charge in [0.05, 0.1) is 12.2 Å². The zero-order valence-electron chi connectivity index (χ0n) is 11.8. The fourth-order valence-corrected chi connectivity index (χ4v) is 1.49. The molecular weight excluding hydrogens is 279 g/mol. The number of pyridine rings is 1. The van der Waals surface area contributed by atoms with Crippen LogP contribution in [-0.4, -0.2) is 43.1 Å². The van der Waals surface area contributed by atoms with Crippen LogP contribution in [0.25, 0.3) is 0 Å². The summed E-state index contributed by atoms with van der Waals surface area (Å²) in [6.07, 6.45) is 2.17. The maximum Gasteiger partial charge on any atom is 0.254 e. The predicted molar refractivity (Wildman–Crippen MR) is 75.3 cm³/mol. The van der Waals surface area contributed by atoms with Crippen molar-refractivity contribution < 1.29 is 18.7 Å². The van der Waals surface area contributed by atoms with E-state index in [2.05, 4.69) is 15.6 Å². The van der Waals surface area contributed by atoms with E-state index in [1.54, 1.807) is 0 Å². The smallest absolute Gasteiger partial charge is 0.254 e. The minimum absolute atomic E-state index is 0.0504. The summed E-state index contributed by atoms with van der Waals surface area (Å²) in [7, 11) is 0. The molecule has 116 valence electrons. The van der Waals surface area contributed by atoms with Crippen molar-refractivity contribution in [3.63, 3.8) is 0 Å². The molecule has 4 N–H and O–H groups in total. The number of amides is 2. The van der Waals surface area contributed by atoms with E-state index in [1.807, 2.05) is 6.92 Å². The third kappa shape index (κ3) is 5.74. The molecule has 0 bridgehead atoms. The molecule has 0 radical (unpaired) electrons. The Morgan fingerprint density at radius 2 is 2.19 bits per heavy atom. The van der Waals surface area contributed by atoms with E-state index in [0.717, 1.165) is 6.42 Å². The second-order valence-electron chi connectivity index (χ2n) is 4.22. The molecule has 0 aliphatic heterocycles. The largest absolute Gasteiger partial charge is 0.370 e. The molecule has 8 heteroatoms. The summed E-state index contributed by atoms with van der Waals surface area (Å²) in [5, 5.41) is 5.29. The van der Waals surface area contributed by atoms with Crippen molar-refractivity contribution in [2.24, 2.45) is 5.73 Å². The highest BCUT2D eigenvalue weighted by molar-refractivity contribution is 5.95. The van der Waals surface area contributed by atoms with Crippen molar-refractivity contribution >= 4 is 17.6 Å². The number of hydrogen-bond acceptors (Lipinski definition) is 5. The number of nitrogens with zero attached hydrogens (tertiary/aromatic N) is 1. The van der Waals surface area contributed by atoms with Crippen LogP contribution < -0.4 is 16.4 Å². The summed E-state index contributed by atoms with van der Waals surface area (Å²) in [6, 6.07) is 1.30. The molecule has 21 heavy (non-hydrogen) atoms. The summed E-state index contributed by atoms with van der Waals surface area (Å²) < 4.78 is 18.9. The number of anilines is 1. The van der Waals surface area contributed by atoms with Crippen molar-refractivity contribution in [2.45, 2.75) is 13.3 Å². The second-order valence-corrected chi connectivity index (χ2v) is 4.22. The molecule has 2 amide bonds. The number of nitrogens with two attached hydrogens (primary N) is 1. The van der Waals surface area contributed by atoms with Gasteiger partial charge in [-0.25, -0.2) is 9.37 Å². The quantitative estimate of drug-likeness (QED) is 0.568. The van der Waals surface area contributed by atoms with Gasteiger partial charge in [-0.05, 0) is 12.5 Å². The van der Waals surface area contributed by atoms with Crippen LogP contribution in [-0.2, 0) is 9.53 Å². The van der Waals surface area contributed by atoms with Gasteiger partial charge in [0.2, 0.25) is 5.91 Å². The highest BCUT2D eigenvalue weighted by Gasteiger charge is 2.15. The Kier molecular flexibility index (Phi) is 7.10. The molecule has 0 aliphatic rings. The molecule has 0 atom stereocenters. The Labute approximate surface area is 122 Å². The van der Waals surface area contributed by atoms with Gasteiger partial charge in [-0.15, -0.1) is 0 Å². The van der Waals surface area contributed by atoms with Gasteiger partial charge in [0.15, 0.2) is 11.6 Å². The van der Waals surface area contributed by atoms with Crippen LogP contribution in [0.3, 0.4) is 0 Å². The van der Waals surface area contributed by atoms with Crippen LogP contribution >= 0.6 is 0 Å². The average molecular weight is 298 g/mol. The number of carbonyl (C=O) groups is 2. The van der Waals surface area contributed by atoms with Crippen molar-refractivity contribution in [1.82, 2.24) is 10.3 Å². The fourth-order valence-electron chi connectivity index (χ4n) is 1.49. The molecule has 1 aromatic heterocycles. The van der Waals surface area contributed by atoms with Crippen LogP contribution in [0.15, 0.2) is 12.3 Å². The van der Waals surface area contributed by atoms with Gasteiger partial charge < -0.3 is 21.1 Å². The topological polar surface area (TPSA) is 106 Å². The molecule has 0 spiro atoms. The zero-order chi connectivity index (χ0) is 15.7. The molecule has 1 rings (SSSR count). The molecule has 0 aliphatic carbocycles. The van der Waals surface area contributed by atoms with E-state index in [0.29, 0.717) is 6.54 Å². The van der Waals surface area contributed by atoms with Gasteiger partial charge in [0.25, 0.3) is 5.91 Å². The van der Waals surface area contributed by atoms with Crippen LogP contribution in [0.1, 0.15) is 23.7 Å². The molecule has 0 aromatic carbocycles. The van der Waals surface area contributed by atoms with Gasteiger partial charge in [-0.3, -0.25) is 9.59 Å². The Morgan fingerprint density at radius 1 is 1.43 bits per heavy atom. The van der Waals surface area contributed by atoms with Crippen LogP contribution in [0, 0.1) is 5.82 Å². The van der Waals surface area contributed by atoms with E-state index in [4.69, 9.17) is 10.5 Å². The zero-order valence-corrected chi connectivity index (χ0v) is 11.8. The predicted octanol–water partition coefficient (Wildman–Crippen LogP) is 0.274. The lowest BCUT2D eigenvalue weighted by molar-refractivity contribution is -0.122. The van der Waals surface area contributed by atoms with Crippen molar-refractivity contribution in [3.8, 4) is 0 Å². The molecule has 0 fully saturated rings. The highest BCUT2D eigenvalue weighted by atomic mass is 19.1. The number of hydrogen-bond donors (Lipinski definition) is 3. The summed E-state index contributed by atoms with van der Waals surface area (Å²) >= 11 is 0. The number of aromatic nitrogens is 1. The molecule has 0 saturated carbocycles. The van der Waals surface area contributed by atoms with E-state index in [1.165, 1.54) is 12.3 Å². The van der Waals surface area contributed by atoms with E-state index >= 15 is 0 Å². The molecule has 1 aromatic rings. The molecule has 0 saturated heterocycles. The minimum atomic E-state index is -0.693. The number of primary amides is 1. The van der Waals surface area contributed by atoms with Crippen LogP contribution in [0.2, 0.25) is 0 Å². The third-order valence-electron chi connectivity index (χ3n) is 2.45. The Balaban J connectivity index is 2.52. The average Bonchev–Trinajstić information content (AvgIpc) is 2.45. The number of halogens is 1. The first-order valence-electron chi connectivity index (χ1n) is 6.58. The van der Waals surface area contributed by atoms with Gasteiger partial charge >= 0.3 is 0 Å². The van der Waals surface area contributed by atoms with Gasteiger partial charge in [0, 0.05) is 19.3 Å². The summed E-state index contributed by atoms with van der Waals surface area (Å²) in [5.74, 6) is -1.80. The van der Waals surface area contributed by atoms with Crippen molar-refractivity contribution in [2.75, 3.05) is 31.6 Å². The lowest BCUT2D eigenvalue weighted by Crippen LogP contribution is -2.29. The molecule has 1 heterocycles. The van der Waals surface area contributed by atoms with E-state index < -0.39 is 17.6 Å². The minimum Gasteiger partial charge on any atom is -0.370 e. The number of carbonyl (C=O) groups excluding carboxylic acids is 2.